The van der Waals surface area contributed by atoms with Gasteiger partial charge in [0.1, 0.15) is 12.3 Å². The van der Waals surface area contributed by atoms with Crippen LogP contribution >= 0.6 is 11.6 Å². The Bertz CT molecular complexity index is 1120. The number of hydrogen-bond donors (Lipinski definition) is 0. The maximum atomic E-state index is 13.0. The Morgan fingerprint density at radius 3 is 2.69 bits per heavy atom. The summed E-state index contributed by atoms with van der Waals surface area (Å²) in [5, 5.41) is 4.37. The first-order chi connectivity index (χ1) is 17.0. The topological polar surface area (TPSA) is 76.9 Å². The molecule has 4 rings (SSSR count). The molecule has 1 saturated heterocycles. The molecule has 0 saturated carbocycles. The maximum absolute atomic E-state index is 13.0. The number of benzene rings is 1. The van der Waals surface area contributed by atoms with Crippen LogP contribution in [0.1, 0.15) is 47.6 Å². The lowest BCUT2D eigenvalue weighted by Gasteiger charge is -2.37. The van der Waals surface area contributed by atoms with Gasteiger partial charge in [-0.15, -0.1) is 0 Å². The lowest BCUT2D eigenvalue weighted by atomic mass is 10.1. The molecule has 12 heteroatoms. The number of halogens is 4. The van der Waals surface area contributed by atoms with Crippen molar-refractivity contribution in [2.24, 2.45) is 0 Å². The number of alkyl halides is 3. The molecule has 2 aliphatic heterocycles. The number of ketones is 1. The number of fused-ring (bicyclic) bond motifs is 1. The van der Waals surface area contributed by atoms with Gasteiger partial charge in [-0.2, -0.15) is 18.3 Å². The number of ether oxygens (including phenoxy) is 2. The minimum absolute atomic E-state index is 0.0387. The van der Waals surface area contributed by atoms with Crippen molar-refractivity contribution in [3.05, 3.63) is 51.8 Å². The van der Waals surface area contributed by atoms with E-state index in [-0.39, 0.29) is 48.2 Å². The number of Topliss-reactive ketones (excluding diaryl/α,β-unsaturated/α-hetero) is 1. The monoisotopic (exact) mass is 528 g/mol. The number of hydrogen-bond acceptors (Lipinski definition) is 6. The molecule has 0 radical (unpaired) electrons. The number of carbonyl (C=O) groups is 2. The molecule has 0 aliphatic carbocycles. The number of carbonyl (C=O) groups excluding carboxylic acids is 2. The van der Waals surface area contributed by atoms with E-state index >= 15 is 0 Å². The van der Waals surface area contributed by atoms with E-state index < -0.39 is 17.8 Å². The summed E-state index contributed by atoms with van der Waals surface area (Å²) < 4.78 is 51.7. The minimum atomic E-state index is -4.56. The van der Waals surface area contributed by atoms with Crippen molar-refractivity contribution >= 4 is 23.5 Å². The van der Waals surface area contributed by atoms with Crippen LogP contribution < -0.4 is 0 Å². The minimum Gasteiger partial charge on any atom is -0.445 e. The highest BCUT2D eigenvalue weighted by Gasteiger charge is 2.32. The first-order valence-electron chi connectivity index (χ1n) is 11.7. The summed E-state index contributed by atoms with van der Waals surface area (Å²) in [4.78, 5) is 29.1. The van der Waals surface area contributed by atoms with Crippen LogP contribution in [0.15, 0.2) is 24.3 Å². The fraction of sp³-hybridized carbons (Fsp3) is 0.542. The molecule has 1 fully saturated rings. The zero-order valence-electron chi connectivity index (χ0n) is 20.1. The van der Waals surface area contributed by atoms with E-state index in [4.69, 9.17) is 21.1 Å². The number of rotatable bonds is 5. The average molecular weight is 529 g/mol. The van der Waals surface area contributed by atoms with E-state index in [1.165, 1.54) is 11.0 Å². The van der Waals surface area contributed by atoms with Crippen molar-refractivity contribution in [1.29, 1.82) is 0 Å². The molecule has 2 atom stereocenters. The molecule has 8 nitrogen and oxygen atoms in total. The van der Waals surface area contributed by atoms with Gasteiger partial charge in [0.05, 0.1) is 37.1 Å². The summed E-state index contributed by atoms with van der Waals surface area (Å²) in [7, 11) is 0. The van der Waals surface area contributed by atoms with Gasteiger partial charge in [-0.05, 0) is 50.1 Å². The molecule has 0 spiro atoms. The van der Waals surface area contributed by atoms with Gasteiger partial charge >= 0.3 is 12.3 Å². The third-order valence-corrected chi connectivity index (χ3v) is 6.78. The number of aromatic nitrogens is 2. The molecular formula is C24H28ClF3N4O4. The quantitative estimate of drug-likeness (QED) is 0.536. The van der Waals surface area contributed by atoms with E-state index in [0.29, 0.717) is 44.0 Å². The van der Waals surface area contributed by atoms with Gasteiger partial charge in [-0.25, -0.2) is 4.79 Å². The second-order valence-corrected chi connectivity index (χ2v) is 9.57. The number of amides is 1. The van der Waals surface area contributed by atoms with Crippen molar-refractivity contribution in [1.82, 2.24) is 19.6 Å². The molecule has 2 aromatic rings. The molecule has 0 bridgehead atoms. The predicted octanol–water partition coefficient (Wildman–Crippen LogP) is 4.39. The fourth-order valence-corrected chi connectivity index (χ4v) is 4.63. The van der Waals surface area contributed by atoms with Crippen LogP contribution in [-0.4, -0.2) is 69.8 Å². The molecule has 3 heterocycles. The van der Waals surface area contributed by atoms with Crippen LogP contribution in [0.2, 0.25) is 5.02 Å². The summed E-state index contributed by atoms with van der Waals surface area (Å²) >= 11 is 5.80. The van der Waals surface area contributed by atoms with Gasteiger partial charge in [-0.3, -0.25) is 14.4 Å². The first-order valence-corrected chi connectivity index (χ1v) is 12.1. The summed E-state index contributed by atoms with van der Waals surface area (Å²) in [6.07, 6.45) is -4.59. The van der Waals surface area contributed by atoms with Crippen molar-refractivity contribution in [2.75, 3.05) is 26.2 Å². The van der Waals surface area contributed by atoms with Crippen molar-refractivity contribution < 1.29 is 32.2 Å². The number of aryl methyl sites for hydroxylation is 1. The van der Waals surface area contributed by atoms with Crippen LogP contribution in [0.3, 0.4) is 0 Å². The molecule has 2 unspecified atom stereocenters. The van der Waals surface area contributed by atoms with Gasteiger partial charge in [0.2, 0.25) is 0 Å². The normalized spacial score (nSPS) is 21.1. The van der Waals surface area contributed by atoms with Crippen LogP contribution in [0.5, 0.6) is 0 Å². The van der Waals surface area contributed by atoms with Crippen molar-refractivity contribution in [3.63, 3.8) is 0 Å². The summed E-state index contributed by atoms with van der Waals surface area (Å²) in [5.41, 5.74) is 0.268. The largest absolute Gasteiger partial charge is 0.445 e. The van der Waals surface area contributed by atoms with Crippen LogP contribution in [0.4, 0.5) is 18.0 Å². The lowest BCUT2D eigenvalue weighted by Crippen LogP contribution is -2.50. The van der Waals surface area contributed by atoms with Crippen molar-refractivity contribution in [2.45, 2.75) is 58.3 Å². The van der Waals surface area contributed by atoms with Gasteiger partial charge < -0.3 is 14.4 Å². The van der Waals surface area contributed by atoms with Gasteiger partial charge in [-0.1, -0.05) is 11.6 Å². The first kappa shape index (κ1) is 26.4. The Balaban J connectivity index is 1.38. The Morgan fingerprint density at radius 1 is 1.17 bits per heavy atom. The molecule has 1 amide bonds. The molecule has 36 heavy (non-hydrogen) atoms. The number of nitrogens with zero attached hydrogens (tertiary/aromatic N) is 4. The lowest BCUT2D eigenvalue weighted by molar-refractivity contribution is -0.137. The molecule has 1 aromatic carbocycles. The van der Waals surface area contributed by atoms with Crippen LogP contribution in [0, 0.1) is 0 Å². The summed E-state index contributed by atoms with van der Waals surface area (Å²) in [5.74, 6) is -0.105. The second-order valence-electron chi connectivity index (χ2n) is 9.13. The summed E-state index contributed by atoms with van der Waals surface area (Å²) in [6.45, 7) is 6.22. The third kappa shape index (κ3) is 6.19. The summed E-state index contributed by atoms with van der Waals surface area (Å²) in [6, 6.07) is 4.86. The maximum Gasteiger partial charge on any atom is 0.416 e. The van der Waals surface area contributed by atoms with Gasteiger partial charge in [0, 0.05) is 30.7 Å². The average Bonchev–Trinajstić information content (AvgIpc) is 3.11. The highest BCUT2D eigenvalue weighted by Crippen LogP contribution is 2.32. The zero-order chi connectivity index (χ0) is 26.0. The van der Waals surface area contributed by atoms with Crippen LogP contribution in [0.25, 0.3) is 0 Å². The SMILES string of the molecule is CC1OCCN(CC(=O)c2cc3n(n2)CCCN(C(=O)OCc2cc(Cl)cc(C(F)(F)F)c2)C3)C1C. The molecule has 2 aliphatic rings. The standard InChI is InChI=1S/C24H28ClF3N4O4/c1-15-16(2)35-7-6-30(15)13-22(33)21-11-20-12-31(4-3-5-32(20)29-21)23(34)36-14-17-8-18(24(26,27)28)10-19(25)9-17/h8-11,15-16H,3-7,12-14H2,1-2H3. The zero-order valence-corrected chi connectivity index (χ0v) is 20.8. The third-order valence-electron chi connectivity index (χ3n) is 6.57. The van der Waals surface area contributed by atoms with E-state index in [1.807, 2.05) is 13.8 Å². The molecule has 196 valence electrons. The second kappa shape index (κ2) is 10.8. The smallest absolute Gasteiger partial charge is 0.416 e. The highest BCUT2D eigenvalue weighted by atomic mass is 35.5. The van der Waals surface area contributed by atoms with E-state index in [0.717, 1.165) is 12.1 Å². The van der Waals surface area contributed by atoms with Crippen molar-refractivity contribution in [3.8, 4) is 0 Å². The number of morpholine rings is 1. The predicted molar refractivity (Wildman–Crippen MR) is 125 cm³/mol. The molecule has 1 aromatic heterocycles. The van der Waals surface area contributed by atoms with Gasteiger partial charge in [0.25, 0.3) is 0 Å². The van der Waals surface area contributed by atoms with E-state index in [2.05, 4.69) is 10.00 Å². The fourth-order valence-electron chi connectivity index (χ4n) is 4.37. The molecule has 0 N–H and O–H groups in total. The van der Waals surface area contributed by atoms with E-state index in [9.17, 15) is 22.8 Å². The molecular weight excluding hydrogens is 501 g/mol. The van der Waals surface area contributed by atoms with E-state index in [1.54, 1.807) is 10.7 Å². The Morgan fingerprint density at radius 2 is 1.94 bits per heavy atom. The van der Waals surface area contributed by atoms with Crippen LogP contribution in [-0.2, 0) is 35.3 Å². The Kier molecular flexibility index (Phi) is 7.91. The van der Waals surface area contributed by atoms with Gasteiger partial charge in [0.15, 0.2) is 5.78 Å². The highest BCUT2D eigenvalue weighted by molar-refractivity contribution is 6.30. The Hall–Kier alpha value is -2.63. The Labute approximate surface area is 211 Å².